The number of hydrogen-bond donors (Lipinski definition) is 1. The van der Waals surface area contributed by atoms with E-state index in [4.69, 9.17) is 0 Å². The number of nitrogens with one attached hydrogen (secondary N) is 1. The lowest BCUT2D eigenvalue weighted by molar-refractivity contribution is -0.141. The summed E-state index contributed by atoms with van der Waals surface area (Å²) in [5.74, 6) is -0.317. The number of benzene rings is 3. The van der Waals surface area contributed by atoms with Crippen LogP contribution in [0.1, 0.15) is 68.6 Å². The maximum atomic E-state index is 14.1. The van der Waals surface area contributed by atoms with Gasteiger partial charge in [0.15, 0.2) is 0 Å². The van der Waals surface area contributed by atoms with Crippen molar-refractivity contribution in [3.8, 4) is 0 Å². The van der Waals surface area contributed by atoms with Crippen LogP contribution < -0.4 is 9.62 Å². The summed E-state index contributed by atoms with van der Waals surface area (Å²) in [5, 5.41) is 3.27. The Morgan fingerprint density at radius 1 is 0.886 bits per heavy atom. The second-order valence-electron chi connectivity index (χ2n) is 11.7. The molecule has 0 saturated heterocycles. The van der Waals surface area contributed by atoms with Gasteiger partial charge in [-0.3, -0.25) is 13.9 Å². The van der Waals surface area contributed by atoms with Gasteiger partial charge in [0.2, 0.25) is 21.8 Å². The first-order valence-electron chi connectivity index (χ1n) is 15.6. The Bertz CT molecular complexity index is 1460. The maximum absolute atomic E-state index is 14.1. The number of sulfonamides is 1. The van der Waals surface area contributed by atoms with Crippen molar-refractivity contribution in [1.82, 2.24) is 10.2 Å². The molecule has 0 bridgehead atoms. The quantitative estimate of drug-likeness (QED) is 0.207. The maximum Gasteiger partial charge on any atom is 0.243 e. The average Bonchev–Trinajstić information content (AvgIpc) is 3.02. The van der Waals surface area contributed by atoms with Crippen LogP contribution in [0.15, 0.2) is 83.3 Å². The summed E-state index contributed by atoms with van der Waals surface area (Å²) in [6.07, 6.45) is 8.13. The molecule has 0 aromatic heterocycles. The van der Waals surface area contributed by atoms with Crippen molar-refractivity contribution in [2.45, 2.75) is 83.3 Å². The van der Waals surface area contributed by atoms with Crippen LogP contribution in [0.5, 0.6) is 0 Å². The number of anilines is 1. The molecule has 0 unspecified atom stereocenters. The highest BCUT2D eigenvalue weighted by Crippen LogP contribution is 2.23. The number of carbonyl (C=O) groups is 2. The van der Waals surface area contributed by atoms with Crippen LogP contribution in [-0.4, -0.2) is 50.0 Å². The van der Waals surface area contributed by atoms with E-state index in [0.717, 1.165) is 53.3 Å². The number of hydrogen-bond acceptors (Lipinski definition) is 4. The lowest BCUT2D eigenvalue weighted by atomic mass is 9.94. The van der Waals surface area contributed by atoms with E-state index in [1.54, 1.807) is 4.90 Å². The van der Waals surface area contributed by atoms with Crippen LogP contribution in [0.4, 0.5) is 5.69 Å². The molecule has 9 heteroatoms. The molecule has 0 radical (unpaired) electrons. The van der Waals surface area contributed by atoms with E-state index in [9.17, 15) is 18.0 Å². The molecule has 0 spiro atoms. The Kier molecular flexibility index (Phi) is 12.4. The summed E-state index contributed by atoms with van der Waals surface area (Å²) in [5.41, 5.74) is 3.59. The molecule has 1 N–H and O–H groups in total. The first kappa shape index (κ1) is 33.7. The van der Waals surface area contributed by atoms with E-state index >= 15 is 0 Å². The summed E-state index contributed by atoms with van der Waals surface area (Å²) >= 11 is 3.48. The molecule has 1 aliphatic rings. The van der Waals surface area contributed by atoms with Gasteiger partial charge < -0.3 is 10.2 Å². The molecule has 3 aromatic rings. The second-order valence-corrected chi connectivity index (χ2v) is 14.5. The number of halogens is 1. The Labute approximate surface area is 271 Å². The van der Waals surface area contributed by atoms with Crippen LogP contribution in [0.3, 0.4) is 0 Å². The lowest BCUT2D eigenvalue weighted by Gasteiger charge is -2.34. The molecule has 44 heavy (non-hydrogen) atoms. The normalized spacial score (nSPS) is 14.5. The van der Waals surface area contributed by atoms with Crippen molar-refractivity contribution in [1.29, 1.82) is 0 Å². The van der Waals surface area contributed by atoms with Crippen LogP contribution in [0, 0.1) is 0 Å². The van der Waals surface area contributed by atoms with Crippen LogP contribution in [-0.2, 0) is 39.0 Å². The van der Waals surface area contributed by atoms with Gasteiger partial charge in [-0.15, -0.1) is 0 Å². The number of carbonyl (C=O) groups excluding carboxylic acids is 2. The Morgan fingerprint density at radius 3 is 2.14 bits per heavy atom. The van der Waals surface area contributed by atoms with Crippen molar-refractivity contribution in [2.24, 2.45) is 0 Å². The van der Waals surface area contributed by atoms with E-state index in [0.29, 0.717) is 18.5 Å². The molecule has 0 heterocycles. The van der Waals surface area contributed by atoms with Crippen molar-refractivity contribution in [3.05, 3.63) is 100 Å². The van der Waals surface area contributed by atoms with Crippen molar-refractivity contribution < 1.29 is 18.0 Å². The predicted octanol–water partition coefficient (Wildman–Crippen LogP) is 6.65. The van der Waals surface area contributed by atoms with Gasteiger partial charge in [-0.05, 0) is 66.6 Å². The van der Waals surface area contributed by atoms with Crippen LogP contribution >= 0.6 is 15.9 Å². The summed E-state index contributed by atoms with van der Waals surface area (Å²) in [7, 11) is -3.56. The van der Waals surface area contributed by atoms with E-state index in [1.165, 1.54) is 17.0 Å². The minimum atomic E-state index is -3.56. The van der Waals surface area contributed by atoms with Gasteiger partial charge in [-0.25, -0.2) is 8.42 Å². The molecule has 4 rings (SSSR count). The topological polar surface area (TPSA) is 86.8 Å². The van der Waals surface area contributed by atoms with Gasteiger partial charge in [0, 0.05) is 36.4 Å². The predicted molar refractivity (Wildman–Crippen MR) is 181 cm³/mol. The van der Waals surface area contributed by atoms with Gasteiger partial charge in [-0.1, -0.05) is 96.7 Å². The van der Waals surface area contributed by atoms with Gasteiger partial charge >= 0.3 is 0 Å². The Morgan fingerprint density at radius 2 is 1.52 bits per heavy atom. The number of amides is 2. The Hall–Kier alpha value is -3.17. The fourth-order valence-electron chi connectivity index (χ4n) is 5.79. The minimum Gasteiger partial charge on any atom is -0.352 e. The van der Waals surface area contributed by atoms with E-state index in [-0.39, 0.29) is 37.4 Å². The third kappa shape index (κ3) is 9.92. The zero-order valence-corrected chi connectivity index (χ0v) is 28.2. The molecular weight excluding hydrogens is 638 g/mol. The van der Waals surface area contributed by atoms with Crippen molar-refractivity contribution >= 4 is 43.5 Å². The minimum absolute atomic E-state index is 0.109. The van der Waals surface area contributed by atoms with Crippen molar-refractivity contribution in [3.63, 3.8) is 0 Å². The standard InChI is InChI=1S/C35H44BrN3O4S/c1-3-27-18-22-32(23-19-27)39(44(2,42)43)24-10-15-34(40)38(26-29-16-20-30(36)21-17-29)33(25-28-11-6-4-7-12-28)35(41)37-31-13-8-5-9-14-31/h4,6-7,11-12,16-23,31,33H,3,5,8-10,13-15,24-26H2,1-2H3,(H,37,41)/t33-/m0/s1. The first-order chi connectivity index (χ1) is 21.1. The number of nitrogens with zero attached hydrogens (tertiary/aromatic N) is 2. The SMILES string of the molecule is CCc1ccc(N(CCCC(=O)N(Cc2ccc(Br)cc2)[C@@H](Cc2ccccc2)C(=O)NC2CCCCC2)S(C)(=O)=O)cc1. The molecule has 1 atom stereocenters. The lowest BCUT2D eigenvalue weighted by Crippen LogP contribution is -2.52. The summed E-state index contributed by atoms with van der Waals surface area (Å²) in [6, 6.07) is 24.4. The van der Waals surface area contributed by atoms with Gasteiger partial charge in [0.25, 0.3) is 0 Å². The number of rotatable bonds is 14. The molecule has 0 aliphatic heterocycles. The fraction of sp³-hybridized carbons (Fsp3) is 0.429. The first-order valence-corrected chi connectivity index (χ1v) is 18.2. The third-order valence-corrected chi connectivity index (χ3v) is 10.00. The zero-order valence-electron chi connectivity index (χ0n) is 25.8. The molecule has 236 valence electrons. The summed E-state index contributed by atoms with van der Waals surface area (Å²) < 4.78 is 27.7. The zero-order chi connectivity index (χ0) is 31.5. The monoisotopic (exact) mass is 681 g/mol. The van der Waals surface area contributed by atoms with Crippen LogP contribution in [0.25, 0.3) is 0 Å². The van der Waals surface area contributed by atoms with E-state index in [1.807, 2.05) is 78.9 Å². The average molecular weight is 683 g/mol. The molecule has 1 aliphatic carbocycles. The summed E-state index contributed by atoms with van der Waals surface area (Å²) in [6.45, 7) is 2.49. The molecule has 3 aromatic carbocycles. The number of aryl methyl sites for hydroxylation is 1. The van der Waals surface area contributed by atoms with Gasteiger partial charge in [0.05, 0.1) is 11.9 Å². The molecule has 1 saturated carbocycles. The molecular formula is C35H44BrN3O4S. The summed E-state index contributed by atoms with van der Waals surface area (Å²) in [4.78, 5) is 29.7. The smallest absolute Gasteiger partial charge is 0.243 e. The molecule has 2 amide bonds. The highest BCUT2D eigenvalue weighted by molar-refractivity contribution is 9.10. The highest BCUT2D eigenvalue weighted by Gasteiger charge is 2.32. The largest absolute Gasteiger partial charge is 0.352 e. The highest BCUT2D eigenvalue weighted by atomic mass is 79.9. The van der Waals surface area contributed by atoms with Crippen LogP contribution in [0.2, 0.25) is 0 Å². The van der Waals surface area contributed by atoms with E-state index in [2.05, 4.69) is 28.2 Å². The van der Waals surface area contributed by atoms with Gasteiger partial charge in [-0.2, -0.15) is 0 Å². The van der Waals surface area contributed by atoms with Gasteiger partial charge in [0.1, 0.15) is 6.04 Å². The third-order valence-electron chi connectivity index (χ3n) is 8.27. The molecule has 1 fully saturated rings. The van der Waals surface area contributed by atoms with E-state index < -0.39 is 16.1 Å². The second kappa shape index (κ2) is 16.2. The fourth-order valence-corrected chi connectivity index (χ4v) is 7.02. The van der Waals surface area contributed by atoms with Crippen molar-refractivity contribution in [2.75, 3.05) is 17.1 Å². The molecule has 7 nitrogen and oxygen atoms in total. The Balaban J connectivity index is 1.57.